The van der Waals surface area contributed by atoms with Crippen LogP contribution in [0.1, 0.15) is 5.56 Å². The number of hydrogen-bond acceptors (Lipinski definition) is 3. The van der Waals surface area contributed by atoms with E-state index in [0.717, 1.165) is 5.56 Å². The van der Waals surface area contributed by atoms with Crippen molar-refractivity contribution in [1.82, 2.24) is 0 Å². The first-order valence-corrected chi connectivity index (χ1v) is 6.97. The highest BCUT2D eigenvalue weighted by molar-refractivity contribution is 6.31. The van der Waals surface area contributed by atoms with Crippen molar-refractivity contribution in [3.8, 4) is 0 Å². The second-order valence-corrected chi connectivity index (χ2v) is 5.28. The van der Waals surface area contributed by atoms with Crippen LogP contribution in [0.5, 0.6) is 0 Å². The van der Waals surface area contributed by atoms with Crippen molar-refractivity contribution < 1.29 is 9.53 Å². The topological polar surface area (TPSA) is 64.3 Å². The van der Waals surface area contributed by atoms with Gasteiger partial charge in [-0.1, -0.05) is 35.3 Å². The average Bonchev–Trinajstić information content (AvgIpc) is 2.43. The number of rotatable bonds is 5. The second-order valence-electron chi connectivity index (χ2n) is 4.40. The lowest BCUT2D eigenvalue weighted by atomic mass is 10.2. The first-order valence-electron chi connectivity index (χ1n) is 6.21. The summed E-state index contributed by atoms with van der Waals surface area (Å²) in [7, 11) is 0. The number of anilines is 2. The van der Waals surface area contributed by atoms with E-state index in [1.165, 1.54) is 0 Å². The molecule has 0 aliphatic carbocycles. The molecular weight excluding hydrogens is 311 g/mol. The van der Waals surface area contributed by atoms with Gasteiger partial charge < -0.3 is 15.8 Å². The van der Waals surface area contributed by atoms with Crippen molar-refractivity contribution in [3.63, 3.8) is 0 Å². The fourth-order valence-corrected chi connectivity index (χ4v) is 2.10. The van der Waals surface area contributed by atoms with Gasteiger partial charge in [0.15, 0.2) is 0 Å². The van der Waals surface area contributed by atoms with Crippen molar-refractivity contribution >= 4 is 40.5 Å². The van der Waals surface area contributed by atoms with E-state index in [4.69, 9.17) is 33.7 Å². The number of hydrogen-bond donors (Lipinski definition) is 2. The molecule has 0 aliphatic rings. The van der Waals surface area contributed by atoms with E-state index in [9.17, 15) is 4.79 Å². The molecular formula is C15H14Cl2N2O2. The summed E-state index contributed by atoms with van der Waals surface area (Å²) in [5.74, 6) is -0.300. The highest BCUT2D eigenvalue weighted by Crippen LogP contribution is 2.22. The minimum Gasteiger partial charge on any atom is -0.397 e. The molecule has 0 heterocycles. The molecule has 0 radical (unpaired) electrons. The molecule has 0 aromatic heterocycles. The fraction of sp³-hybridized carbons (Fsp3) is 0.133. The van der Waals surface area contributed by atoms with Crippen molar-refractivity contribution in [1.29, 1.82) is 0 Å². The zero-order valence-electron chi connectivity index (χ0n) is 11.1. The number of carbonyl (C=O) groups excluding carboxylic acids is 1. The molecule has 2 aromatic carbocycles. The molecule has 0 saturated heterocycles. The molecule has 21 heavy (non-hydrogen) atoms. The van der Waals surface area contributed by atoms with Crippen molar-refractivity contribution in [2.75, 3.05) is 17.7 Å². The van der Waals surface area contributed by atoms with E-state index >= 15 is 0 Å². The van der Waals surface area contributed by atoms with Crippen LogP contribution in [0, 0.1) is 0 Å². The summed E-state index contributed by atoms with van der Waals surface area (Å²) in [5.41, 5.74) is 7.56. The normalized spacial score (nSPS) is 10.4. The Balaban J connectivity index is 1.84. The van der Waals surface area contributed by atoms with Gasteiger partial charge in [0.25, 0.3) is 0 Å². The minimum absolute atomic E-state index is 0.0849. The molecule has 0 bridgehead atoms. The Bertz CT molecular complexity index is 647. The molecule has 4 nitrogen and oxygen atoms in total. The molecule has 0 unspecified atom stereocenters. The Labute approximate surface area is 132 Å². The maximum absolute atomic E-state index is 11.8. The molecule has 1 amide bonds. The molecule has 110 valence electrons. The Morgan fingerprint density at radius 1 is 1.14 bits per heavy atom. The fourth-order valence-electron chi connectivity index (χ4n) is 1.71. The first kappa shape index (κ1) is 15.6. The van der Waals surface area contributed by atoms with Gasteiger partial charge in [-0.3, -0.25) is 4.79 Å². The van der Waals surface area contributed by atoms with E-state index in [2.05, 4.69) is 5.32 Å². The summed E-state index contributed by atoms with van der Waals surface area (Å²) in [6.07, 6.45) is 0. The van der Waals surface area contributed by atoms with Crippen molar-refractivity contribution in [2.24, 2.45) is 0 Å². The van der Waals surface area contributed by atoms with Crippen molar-refractivity contribution in [3.05, 3.63) is 58.1 Å². The van der Waals surface area contributed by atoms with Gasteiger partial charge in [-0.05, 0) is 35.9 Å². The predicted octanol–water partition coefficient (Wildman–Crippen LogP) is 3.73. The maximum Gasteiger partial charge on any atom is 0.250 e. The van der Waals surface area contributed by atoms with E-state index in [1.54, 1.807) is 30.3 Å². The van der Waals surface area contributed by atoms with Crippen LogP contribution in [0.4, 0.5) is 11.4 Å². The highest BCUT2D eigenvalue weighted by Gasteiger charge is 2.06. The summed E-state index contributed by atoms with van der Waals surface area (Å²) in [5, 5.41) is 3.78. The molecule has 6 heteroatoms. The highest BCUT2D eigenvalue weighted by atomic mass is 35.5. The number of carbonyl (C=O) groups is 1. The largest absolute Gasteiger partial charge is 0.397 e. The van der Waals surface area contributed by atoms with E-state index in [-0.39, 0.29) is 12.5 Å². The van der Waals surface area contributed by atoms with Gasteiger partial charge in [-0.2, -0.15) is 0 Å². The molecule has 0 saturated carbocycles. The molecule has 2 aromatic rings. The van der Waals surface area contributed by atoms with Crippen LogP contribution in [-0.2, 0) is 16.1 Å². The zero-order chi connectivity index (χ0) is 15.2. The summed E-state index contributed by atoms with van der Waals surface area (Å²) in [6, 6.07) is 12.1. The van der Waals surface area contributed by atoms with Crippen LogP contribution in [-0.4, -0.2) is 12.5 Å². The van der Waals surface area contributed by atoms with Gasteiger partial charge in [0, 0.05) is 10.0 Å². The zero-order valence-corrected chi connectivity index (χ0v) is 12.6. The van der Waals surface area contributed by atoms with Crippen LogP contribution >= 0.6 is 23.2 Å². The Morgan fingerprint density at radius 2 is 1.90 bits per heavy atom. The SMILES string of the molecule is Nc1ccc(Cl)cc1NC(=O)COCc1cccc(Cl)c1. The van der Waals surface area contributed by atoms with Gasteiger partial charge in [-0.25, -0.2) is 0 Å². The summed E-state index contributed by atoms with van der Waals surface area (Å²) in [4.78, 5) is 11.8. The second kappa shape index (κ2) is 7.31. The van der Waals surface area contributed by atoms with Gasteiger partial charge in [0.2, 0.25) is 5.91 Å². The monoisotopic (exact) mass is 324 g/mol. The molecule has 0 fully saturated rings. The lowest BCUT2D eigenvalue weighted by Crippen LogP contribution is -2.19. The predicted molar refractivity (Wildman–Crippen MR) is 85.6 cm³/mol. The minimum atomic E-state index is -0.300. The molecule has 2 rings (SSSR count). The van der Waals surface area contributed by atoms with Crippen LogP contribution < -0.4 is 11.1 Å². The number of nitrogen functional groups attached to an aromatic ring is 1. The van der Waals surface area contributed by atoms with Gasteiger partial charge in [0.05, 0.1) is 18.0 Å². The number of nitrogens with one attached hydrogen (secondary N) is 1. The lowest BCUT2D eigenvalue weighted by molar-refractivity contribution is -0.121. The first-order chi connectivity index (χ1) is 10.0. The summed E-state index contributed by atoms with van der Waals surface area (Å²) >= 11 is 11.7. The van der Waals surface area contributed by atoms with E-state index < -0.39 is 0 Å². The van der Waals surface area contributed by atoms with Gasteiger partial charge in [0.1, 0.15) is 6.61 Å². The van der Waals surface area contributed by atoms with Crippen LogP contribution in [0.2, 0.25) is 10.0 Å². The van der Waals surface area contributed by atoms with Gasteiger partial charge in [-0.15, -0.1) is 0 Å². The summed E-state index contributed by atoms with van der Waals surface area (Å²) in [6.45, 7) is 0.220. The third-order valence-corrected chi connectivity index (χ3v) is 3.15. The van der Waals surface area contributed by atoms with Gasteiger partial charge >= 0.3 is 0 Å². The van der Waals surface area contributed by atoms with Crippen LogP contribution in [0.15, 0.2) is 42.5 Å². The average molecular weight is 325 g/mol. The third kappa shape index (κ3) is 4.93. The molecule has 3 N–H and O–H groups in total. The van der Waals surface area contributed by atoms with E-state index in [1.807, 2.05) is 12.1 Å². The molecule has 0 spiro atoms. The number of halogens is 2. The number of nitrogens with two attached hydrogens (primary N) is 1. The Kier molecular flexibility index (Phi) is 5.44. The Hall–Kier alpha value is -1.75. The number of ether oxygens (including phenoxy) is 1. The molecule has 0 atom stereocenters. The lowest BCUT2D eigenvalue weighted by Gasteiger charge is -2.09. The van der Waals surface area contributed by atoms with Crippen LogP contribution in [0.25, 0.3) is 0 Å². The number of amides is 1. The van der Waals surface area contributed by atoms with E-state index in [0.29, 0.717) is 28.0 Å². The van der Waals surface area contributed by atoms with Crippen LogP contribution in [0.3, 0.4) is 0 Å². The number of benzene rings is 2. The smallest absolute Gasteiger partial charge is 0.250 e. The van der Waals surface area contributed by atoms with Crippen molar-refractivity contribution in [2.45, 2.75) is 6.61 Å². The molecule has 0 aliphatic heterocycles. The summed E-state index contributed by atoms with van der Waals surface area (Å²) < 4.78 is 5.33. The maximum atomic E-state index is 11.8. The standard InChI is InChI=1S/C15H14Cl2N2O2/c16-11-3-1-2-10(6-11)8-21-9-15(20)19-14-7-12(17)4-5-13(14)18/h1-7H,8-9,18H2,(H,19,20). The Morgan fingerprint density at radius 3 is 2.67 bits per heavy atom. The quantitative estimate of drug-likeness (QED) is 0.823. The third-order valence-electron chi connectivity index (χ3n) is 2.68.